The van der Waals surface area contributed by atoms with Crippen LogP contribution in [0.15, 0.2) is 4.47 Å². The van der Waals surface area contributed by atoms with Gasteiger partial charge in [0.25, 0.3) is 0 Å². The van der Waals surface area contributed by atoms with E-state index in [-0.39, 0.29) is 0 Å². The molecule has 0 aromatic carbocycles. The number of aryl methyl sites for hydroxylation is 1. The first-order valence-electron chi connectivity index (χ1n) is 5.45. The highest BCUT2D eigenvalue weighted by molar-refractivity contribution is 9.10. The van der Waals surface area contributed by atoms with Crippen molar-refractivity contribution in [1.82, 2.24) is 9.97 Å². The lowest BCUT2D eigenvalue weighted by Gasteiger charge is -2.07. The molecule has 0 radical (unpaired) electrons. The summed E-state index contributed by atoms with van der Waals surface area (Å²) in [5, 5.41) is 0. The summed E-state index contributed by atoms with van der Waals surface area (Å²) in [5.74, 6) is 2.78. The van der Waals surface area contributed by atoms with Crippen molar-refractivity contribution >= 4 is 21.7 Å². The molecule has 1 heterocycles. The molecule has 82 valence electrons. The molecule has 0 bridgehead atoms. The van der Waals surface area contributed by atoms with Gasteiger partial charge in [-0.1, -0.05) is 20.3 Å². The third-order valence-electron chi connectivity index (χ3n) is 2.89. The summed E-state index contributed by atoms with van der Waals surface area (Å²) in [6.07, 6.45) is 3.24. The number of aromatic nitrogens is 2. The van der Waals surface area contributed by atoms with Crippen LogP contribution in [0.5, 0.6) is 0 Å². The minimum atomic E-state index is 0.538. The van der Waals surface area contributed by atoms with Crippen molar-refractivity contribution in [3.05, 3.63) is 16.0 Å². The van der Waals surface area contributed by atoms with Crippen LogP contribution in [0.2, 0.25) is 0 Å². The van der Waals surface area contributed by atoms with Crippen molar-refractivity contribution in [2.75, 3.05) is 5.73 Å². The van der Waals surface area contributed by atoms with E-state index in [9.17, 15) is 0 Å². The van der Waals surface area contributed by atoms with E-state index in [1.165, 1.54) is 6.42 Å². The van der Waals surface area contributed by atoms with Crippen molar-refractivity contribution in [2.45, 2.75) is 39.0 Å². The molecule has 2 N–H and O–H groups in total. The smallest absolute Gasteiger partial charge is 0.141 e. The SMILES string of the molecule is CCCc1nc(C2CC2C)nc(N)c1Br. The first-order chi connectivity index (χ1) is 7.13. The first-order valence-corrected chi connectivity index (χ1v) is 6.24. The molecule has 2 rings (SSSR count). The molecule has 0 aliphatic heterocycles. The Bertz CT molecular complexity index is 378. The third kappa shape index (κ3) is 2.14. The molecule has 1 aliphatic carbocycles. The van der Waals surface area contributed by atoms with Gasteiger partial charge >= 0.3 is 0 Å². The lowest BCUT2D eigenvalue weighted by atomic mass is 10.2. The van der Waals surface area contributed by atoms with Crippen molar-refractivity contribution in [1.29, 1.82) is 0 Å². The number of nitrogen functional groups attached to an aromatic ring is 1. The third-order valence-corrected chi connectivity index (χ3v) is 3.75. The Labute approximate surface area is 98.6 Å². The molecular formula is C11H16BrN3. The van der Waals surface area contributed by atoms with E-state index in [0.717, 1.165) is 34.8 Å². The molecule has 1 fully saturated rings. The fraction of sp³-hybridized carbons (Fsp3) is 0.636. The maximum atomic E-state index is 5.86. The normalized spacial score (nSPS) is 24.2. The zero-order valence-corrected chi connectivity index (χ0v) is 10.7. The second-order valence-electron chi connectivity index (χ2n) is 4.30. The van der Waals surface area contributed by atoms with Crippen LogP contribution in [0.3, 0.4) is 0 Å². The van der Waals surface area contributed by atoms with Gasteiger partial charge in [0.1, 0.15) is 11.6 Å². The molecular weight excluding hydrogens is 254 g/mol. The highest BCUT2D eigenvalue weighted by Gasteiger charge is 2.37. The van der Waals surface area contributed by atoms with Crippen LogP contribution >= 0.6 is 15.9 Å². The van der Waals surface area contributed by atoms with Gasteiger partial charge in [-0.05, 0) is 34.7 Å². The minimum absolute atomic E-state index is 0.538. The van der Waals surface area contributed by atoms with Gasteiger partial charge in [0.2, 0.25) is 0 Å². The summed E-state index contributed by atoms with van der Waals surface area (Å²) in [4.78, 5) is 8.95. The average Bonchev–Trinajstić information content (AvgIpc) is 2.91. The van der Waals surface area contributed by atoms with Gasteiger partial charge in [-0.3, -0.25) is 0 Å². The Morgan fingerprint density at radius 3 is 2.67 bits per heavy atom. The molecule has 2 atom stereocenters. The van der Waals surface area contributed by atoms with E-state index in [1.807, 2.05) is 0 Å². The van der Waals surface area contributed by atoms with Crippen LogP contribution in [0.25, 0.3) is 0 Å². The quantitative estimate of drug-likeness (QED) is 0.918. The Morgan fingerprint density at radius 2 is 2.13 bits per heavy atom. The standard InChI is InChI=1S/C11H16BrN3/c1-3-4-8-9(12)10(13)15-11(14-8)7-5-6(7)2/h6-7H,3-5H2,1-2H3,(H2,13,14,15). The molecule has 2 unspecified atom stereocenters. The van der Waals surface area contributed by atoms with Gasteiger partial charge in [-0.15, -0.1) is 0 Å². The Morgan fingerprint density at radius 1 is 1.47 bits per heavy atom. The summed E-state index contributed by atoms with van der Waals surface area (Å²) in [5.41, 5.74) is 6.92. The van der Waals surface area contributed by atoms with E-state index in [2.05, 4.69) is 39.7 Å². The number of anilines is 1. The molecule has 4 heteroatoms. The molecule has 1 saturated carbocycles. The monoisotopic (exact) mass is 269 g/mol. The highest BCUT2D eigenvalue weighted by Crippen LogP contribution is 2.46. The van der Waals surface area contributed by atoms with Gasteiger partial charge in [0, 0.05) is 5.92 Å². The summed E-state index contributed by atoms with van der Waals surface area (Å²) < 4.78 is 0.876. The Balaban J connectivity index is 2.33. The highest BCUT2D eigenvalue weighted by atomic mass is 79.9. The number of halogens is 1. The van der Waals surface area contributed by atoms with Gasteiger partial charge in [0.15, 0.2) is 0 Å². The fourth-order valence-electron chi connectivity index (χ4n) is 1.78. The van der Waals surface area contributed by atoms with E-state index < -0.39 is 0 Å². The van der Waals surface area contributed by atoms with Gasteiger partial charge in [0.05, 0.1) is 10.2 Å². The molecule has 3 nitrogen and oxygen atoms in total. The van der Waals surface area contributed by atoms with Crippen LogP contribution in [0, 0.1) is 5.92 Å². The summed E-state index contributed by atoms with van der Waals surface area (Å²) >= 11 is 3.45. The topological polar surface area (TPSA) is 51.8 Å². The van der Waals surface area contributed by atoms with Crippen molar-refractivity contribution in [3.8, 4) is 0 Å². The number of nitrogens with two attached hydrogens (primary N) is 1. The van der Waals surface area contributed by atoms with E-state index in [0.29, 0.717) is 11.7 Å². The van der Waals surface area contributed by atoms with Crippen molar-refractivity contribution in [2.24, 2.45) is 5.92 Å². The van der Waals surface area contributed by atoms with Gasteiger partial charge in [-0.25, -0.2) is 9.97 Å². The van der Waals surface area contributed by atoms with Crippen LogP contribution in [-0.2, 0) is 6.42 Å². The second-order valence-corrected chi connectivity index (χ2v) is 5.09. The minimum Gasteiger partial charge on any atom is -0.383 e. The van der Waals surface area contributed by atoms with E-state index in [1.54, 1.807) is 0 Å². The molecule has 1 aliphatic rings. The number of hydrogen-bond donors (Lipinski definition) is 1. The molecule has 15 heavy (non-hydrogen) atoms. The molecule has 1 aromatic rings. The van der Waals surface area contributed by atoms with Crippen molar-refractivity contribution < 1.29 is 0 Å². The maximum absolute atomic E-state index is 5.86. The second kappa shape index (κ2) is 4.08. The zero-order chi connectivity index (χ0) is 11.0. The molecule has 0 amide bonds. The number of nitrogens with zero attached hydrogens (tertiary/aromatic N) is 2. The molecule has 1 aromatic heterocycles. The predicted molar refractivity (Wildman–Crippen MR) is 64.7 cm³/mol. The fourth-order valence-corrected chi connectivity index (χ4v) is 2.16. The van der Waals surface area contributed by atoms with Crippen LogP contribution in [0.4, 0.5) is 5.82 Å². The Hall–Kier alpha value is -0.640. The largest absolute Gasteiger partial charge is 0.383 e. The van der Waals surface area contributed by atoms with E-state index in [4.69, 9.17) is 5.73 Å². The lowest BCUT2D eigenvalue weighted by Crippen LogP contribution is -2.05. The van der Waals surface area contributed by atoms with Crippen molar-refractivity contribution in [3.63, 3.8) is 0 Å². The maximum Gasteiger partial charge on any atom is 0.141 e. The van der Waals surface area contributed by atoms with Gasteiger partial charge in [-0.2, -0.15) is 0 Å². The van der Waals surface area contributed by atoms with Gasteiger partial charge < -0.3 is 5.73 Å². The first kappa shape index (κ1) is 10.9. The lowest BCUT2D eigenvalue weighted by molar-refractivity contribution is 0.797. The van der Waals surface area contributed by atoms with E-state index >= 15 is 0 Å². The summed E-state index contributed by atoms with van der Waals surface area (Å²) in [6, 6.07) is 0. The summed E-state index contributed by atoms with van der Waals surface area (Å²) in [6.45, 7) is 4.37. The Kier molecular flexibility index (Phi) is 2.96. The average molecular weight is 270 g/mol. The van der Waals surface area contributed by atoms with Crippen LogP contribution in [0.1, 0.15) is 44.1 Å². The van der Waals surface area contributed by atoms with Crippen LogP contribution in [-0.4, -0.2) is 9.97 Å². The van der Waals surface area contributed by atoms with Crippen LogP contribution < -0.4 is 5.73 Å². The number of rotatable bonds is 3. The zero-order valence-electron chi connectivity index (χ0n) is 9.13. The number of hydrogen-bond acceptors (Lipinski definition) is 3. The summed E-state index contributed by atoms with van der Waals surface area (Å²) in [7, 11) is 0. The molecule has 0 saturated heterocycles. The molecule has 0 spiro atoms. The predicted octanol–water partition coefficient (Wildman–Crippen LogP) is 2.90.